The van der Waals surface area contributed by atoms with Crippen molar-refractivity contribution in [2.45, 2.75) is 43.4 Å². The molecule has 4 nitrogen and oxygen atoms in total. The van der Waals surface area contributed by atoms with E-state index in [-0.39, 0.29) is 0 Å². The van der Waals surface area contributed by atoms with Crippen molar-refractivity contribution >= 4 is 23.5 Å². The van der Waals surface area contributed by atoms with Gasteiger partial charge in [0, 0.05) is 17.5 Å². The van der Waals surface area contributed by atoms with E-state index in [2.05, 4.69) is 17.4 Å². The molecule has 3 heterocycles. The maximum atomic E-state index is 5.55. The average molecular weight is 299 g/mol. The highest BCUT2D eigenvalue weighted by atomic mass is 32.2. The first-order valence-corrected chi connectivity index (χ1v) is 9.35. The lowest BCUT2D eigenvalue weighted by molar-refractivity contribution is 0.337. The van der Waals surface area contributed by atoms with Gasteiger partial charge in [-0.05, 0) is 25.1 Å². The van der Waals surface area contributed by atoms with Crippen molar-refractivity contribution in [2.24, 2.45) is 0 Å². The van der Waals surface area contributed by atoms with Crippen LogP contribution in [0.1, 0.15) is 49.1 Å². The Morgan fingerprint density at radius 1 is 1.37 bits per heavy atom. The maximum absolute atomic E-state index is 5.55. The molecule has 0 spiro atoms. The van der Waals surface area contributed by atoms with Crippen molar-refractivity contribution in [1.82, 2.24) is 15.5 Å². The van der Waals surface area contributed by atoms with E-state index < -0.39 is 0 Å². The summed E-state index contributed by atoms with van der Waals surface area (Å²) in [6, 6.07) is 0.488. The van der Waals surface area contributed by atoms with Gasteiger partial charge in [0.2, 0.25) is 5.89 Å². The first-order chi connectivity index (χ1) is 9.38. The molecule has 0 radical (unpaired) electrons. The molecule has 6 heteroatoms. The lowest BCUT2D eigenvalue weighted by atomic mass is 10.0. The van der Waals surface area contributed by atoms with Crippen molar-refractivity contribution in [1.29, 1.82) is 0 Å². The van der Waals surface area contributed by atoms with Crippen LogP contribution < -0.4 is 5.32 Å². The van der Waals surface area contributed by atoms with Crippen LogP contribution in [0, 0.1) is 0 Å². The first kappa shape index (κ1) is 13.8. The van der Waals surface area contributed by atoms with E-state index in [0.29, 0.717) is 17.2 Å². The van der Waals surface area contributed by atoms with E-state index in [9.17, 15) is 0 Å². The molecule has 2 aliphatic heterocycles. The lowest BCUT2D eigenvalue weighted by Crippen LogP contribution is -2.34. The third-order valence-electron chi connectivity index (χ3n) is 3.79. The van der Waals surface area contributed by atoms with Gasteiger partial charge in [-0.1, -0.05) is 18.5 Å². The van der Waals surface area contributed by atoms with Crippen LogP contribution in [0.3, 0.4) is 0 Å². The van der Waals surface area contributed by atoms with Gasteiger partial charge in [-0.3, -0.25) is 0 Å². The molecule has 0 bridgehead atoms. The number of thioether (sulfide) groups is 2. The Kier molecular flexibility index (Phi) is 4.71. The molecule has 3 rings (SSSR count). The summed E-state index contributed by atoms with van der Waals surface area (Å²) in [6.07, 6.45) is 3.81. The molecule has 106 valence electrons. The number of rotatable bonds is 4. The minimum Gasteiger partial charge on any atom is -0.339 e. The predicted octanol–water partition coefficient (Wildman–Crippen LogP) is 2.84. The van der Waals surface area contributed by atoms with Crippen LogP contribution in [0.2, 0.25) is 0 Å². The van der Waals surface area contributed by atoms with E-state index in [1.807, 2.05) is 23.5 Å². The number of hydrogen-bond acceptors (Lipinski definition) is 6. The van der Waals surface area contributed by atoms with E-state index in [4.69, 9.17) is 9.51 Å². The van der Waals surface area contributed by atoms with Crippen molar-refractivity contribution in [3.63, 3.8) is 0 Å². The van der Waals surface area contributed by atoms with E-state index >= 15 is 0 Å². The van der Waals surface area contributed by atoms with Crippen molar-refractivity contribution in [2.75, 3.05) is 23.8 Å². The Morgan fingerprint density at radius 3 is 3.11 bits per heavy atom. The maximum Gasteiger partial charge on any atom is 0.232 e. The summed E-state index contributed by atoms with van der Waals surface area (Å²) in [4.78, 5) is 4.70. The Bertz CT molecular complexity index is 406. The van der Waals surface area contributed by atoms with E-state index in [1.54, 1.807) is 0 Å². The summed E-state index contributed by atoms with van der Waals surface area (Å²) >= 11 is 3.95. The fourth-order valence-corrected chi connectivity index (χ4v) is 5.34. The monoisotopic (exact) mass is 299 g/mol. The summed E-state index contributed by atoms with van der Waals surface area (Å²) in [6.45, 7) is 3.15. The number of likely N-dealkylation sites (N-methyl/N-ethyl adjacent to an activating group) is 1. The minimum atomic E-state index is 0.389. The minimum absolute atomic E-state index is 0.389. The van der Waals surface area contributed by atoms with Gasteiger partial charge in [0.25, 0.3) is 0 Å². The van der Waals surface area contributed by atoms with Crippen LogP contribution in [0.25, 0.3) is 0 Å². The average Bonchev–Trinajstić information content (AvgIpc) is 3.08. The largest absolute Gasteiger partial charge is 0.339 e. The molecule has 1 aromatic rings. The van der Waals surface area contributed by atoms with Crippen LogP contribution in [0.15, 0.2) is 4.52 Å². The molecule has 0 aliphatic carbocycles. The fraction of sp³-hybridized carbons (Fsp3) is 0.846. The lowest BCUT2D eigenvalue weighted by Gasteiger charge is -2.17. The molecule has 0 amide bonds. The number of hydrogen-bond donors (Lipinski definition) is 1. The Morgan fingerprint density at radius 2 is 2.32 bits per heavy atom. The second kappa shape index (κ2) is 6.50. The Labute approximate surface area is 122 Å². The van der Waals surface area contributed by atoms with Crippen LogP contribution in [-0.2, 0) is 0 Å². The van der Waals surface area contributed by atoms with Crippen molar-refractivity contribution < 1.29 is 4.52 Å². The van der Waals surface area contributed by atoms with Crippen LogP contribution >= 0.6 is 23.5 Å². The van der Waals surface area contributed by atoms with Crippen LogP contribution in [0.5, 0.6) is 0 Å². The highest BCUT2D eigenvalue weighted by Gasteiger charge is 2.33. The zero-order valence-electron chi connectivity index (χ0n) is 11.3. The predicted molar refractivity (Wildman–Crippen MR) is 80.9 cm³/mol. The molecule has 0 aromatic carbocycles. The summed E-state index contributed by atoms with van der Waals surface area (Å²) in [7, 11) is 0. The normalized spacial score (nSPS) is 31.7. The third kappa shape index (κ3) is 3.11. The molecular weight excluding hydrogens is 278 g/mol. The van der Waals surface area contributed by atoms with E-state index in [0.717, 1.165) is 29.8 Å². The summed E-state index contributed by atoms with van der Waals surface area (Å²) < 4.78 is 5.55. The number of nitrogens with one attached hydrogen (secondary N) is 1. The fourth-order valence-electron chi connectivity index (χ4n) is 2.73. The molecule has 2 aliphatic rings. The van der Waals surface area contributed by atoms with Crippen LogP contribution in [-0.4, -0.2) is 40.0 Å². The standard InChI is InChI=1S/C13H21N3OS2/c1-2-14-10-8-18-7-9(10)13-15-12(16-17-13)11-5-3-4-6-19-11/h9-11,14H,2-8H2,1H3. The zero-order valence-corrected chi connectivity index (χ0v) is 12.9. The molecule has 2 saturated heterocycles. The van der Waals surface area contributed by atoms with E-state index in [1.165, 1.54) is 25.0 Å². The zero-order chi connectivity index (χ0) is 13.1. The molecule has 3 unspecified atom stereocenters. The molecular formula is C13H21N3OS2. The van der Waals surface area contributed by atoms with Crippen molar-refractivity contribution in [3.8, 4) is 0 Å². The second-order valence-electron chi connectivity index (χ2n) is 5.15. The highest BCUT2D eigenvalue weighted by Crippen LogP contribution is 2.38. The molecule has 1 aromatic heterocycles. The SMILES string of the molecule is CCNC1CSCC1c1nc(C2CCCCS2)no1. The molecule has 1 N–H and O–H groups in total. The molecule has 0 saturated carbocycles. The quantitative estimate of drug-likeness (QED) is 0.922. The molecule has 3 atom stereocenters. The van der Waals surface area contributed by atoms with Crippen molar-refractivity contribution in [3.05, 3.63) is 11.7 Å². The third-order valence-corrected chi connectivity index (χ3v) is 6.35. The second-order valence-corrected chi connectivity index (χ2v) is 7.54. The van der Waals surface area contributed by atoms with Gasteiger partial charge in [0.1, 0.15) is 0 Å². The first-order valence-electron chi connectivity index (χ1n) is 7.14. The van der Waals surface area contributed by atoms with Crippen LogP contribution in [0.4, 0.5) is 0 Å². The highest BCUT2D eigenvalue weighted by molar-refractivity contribution is 7.99. The number of nitrogens with zero attached hydrogens (tertiary/aromatic N) is 2. The molecule has 19 heavy (non-hydrogen) atoms. The van der Waals surface area contributed by atoms with Gasteiger partial charge in [0.05, 0.1) is 11.2 Å². The van der Waals surface area contributed by atoms with Gasteiger partial charge in [-0.2, -0.15) is 28.5 Å². The van der Waals surface area contributed by atoms with Gasteiger partial charge in [-0.15, -0.1) is 0 Å². The molecule has 2 fully saturated rings. The Balaban J connectivity index is 1.69. The summed E-state index contributed by atoms with van der Waals surface area (Å²) in [5, 5.41) is 8.22. The number of aromatic nitrogens is 2. The Hall–Kier alpha value is -0.200. The summed E-state index contributed by atoms with van der Waals surface area (Å²) in [5.74, 6) is 5.63. The van der Waals surface area contributed by atoms with Gasteiger partial charge in [0.15, 0.2) is 5.82 Å². The van der Waals surface area contributed by atoms with Gasteiger partial charge >= 0.3 is 0 Å². The van der Waals surface area contributed by atoms with Gasteiger partial charge < -0.3 is 9.84 Å². The smallest absolute Gasteiger partial charge is 0.232 e. The topological polar surface area (TPSA) is 51.0 Å². The van der Waals surface area contributed by atoms with Gasteiger partial charge in [-0.25, -0.2) is 0 Å². The summed E-state index contributed by atoms with van der Waals surface area (Å²) in [5.41, 5.74) is 0.